The second-order valence-electron chi connectivity index (χ2n) is 8.28. The Morgan fingerprint density at radius 3 is 2.63 bits per heavy atom. The molecule has 0 aromatic carbocycles. The molecule has 0 aliphatic heterocycles. The van der Waals surface area contributed by atoms with Crippen molar-refractivity contribution in [1.29, 1.82) is 0 Å². The number of carbonyl (C=O) groups excluding carboxylic acids is 1. The number of hydrogen-bond acceptors (Lipinski definition) is 5. The van der Waals surface area contributed by atoms with Crippen molar-refractivity contribution in [2.24, 2.45) is 0 Å². The fourth-order valence-electron chi connectivity index (χ4n) is 3.30. The van der Waals surface area contributed by atoms with E-state index in [1.165, 1.54) is 0 Å². The first-order chi connectivity index (χ1) is 12.7. The van der Waals surface area contributed by atoms with Crippen LogP contribution in [-0.2, 0) is 12.1 Å². The molecule has 1 N–H and O–H groups in total. The summed E-state index contributed by atoms with van der Waals surface area (Å²) in [6.07, 6.45) is 2.28. The average Bonchev–Trinajstić information content (AvgIpc) is 3.28. The van der Waals surface area contributed by atoms with Gasteiger partial charge in [-0.25, -0.2) is 14.6 Å². The van der Waals surface area contributed by atoms with Gasteiger partial charge in [-0.15, -0.1) is 11.3 Å². The highest BCUT2D eigenvalue weighted by molar-refractivity contribution is 7.09. The van der Waals surface area contributed by atoms with Crippen molar-refractivity contribution >= 4 is 28.3 Å². The Bertz CT molecular complexity index is 1020. The molecule has 142 valence electrons. The van der Waals surface area contributed by atoms with E-state index in [2.05, 4.69) is 31.1 Å². The van der Waals surface area contributed by atoms with Crippen LogP contribution in [0, 0.1) is 13.8 Å². The number of hydrogen-bond donors (Lipinski definition) is 1. The van der Waals surface area contributed by atoms with E-state index in [1.807, 2.05) is 30.0 Å². The maximum atomic E-state index is 13.0. The van der Waals surface area contributed by atoms with Gasteiger partial charge in [-0.3, -0.25) is 4.79 Å². The Hall–Kier alpha value is -2.28. The molecule has 3 heterocycles. The van der Waals surface area contributed by atoms with Gasteiger partial charge in [0, 0.05) is 17.0 Å². The average molecular weight is 384 g/mol. The van der Waals surface area contributed by atoms with Gasteiger partial charge in [0.25, 0.3) is 5.91 Å². The number of pyridine rings is 1. The third-order valence-corrected chi connectivity index (χ3v) is 5.63. The topological polar surface area (TPSA) is 72.7 Å². The predicted octanol–water partition coefficient (Wildman–Crippen LogP) is 4.07. The van der Waals surface area contributed by atoms with Crippen LogP contribution in [0.4, 0.5) is 0 Å². The van der Waals surface area contributed by atoms with E-state index >= 15 is 0 Å². The van der Waals surface area contributed by atoms with E-state index in [9.17, 15) is 4.79 Å². The molecule has 6 nitrogen and oxygen atoms in total. The molecule has 1 fully saturated rings. The predicted molar refractivity (Wildman–Crippen MR) is 107 cm³/mol. The standard InChI is InChI=1S/C20H25N5OS/c1-11-17-15(19(26)21-9-14-10-27-12(2)22-14)8-16(13-6-7-13)23-18(17)25(24-11)20(3,4)5/h8,10,13H,6-7,9H2,1-5H3,(H,21,26). The van der Waals surface area contributed by atoms with Gasteiger partial charge < -0.3 is 5.32 Å². The molecule has 1 amide bonds. The fraction of sp³-hybridized carbons (Fsp3) is 0.500. The number of fused-ring (bicyclic) bond motifs is 1. The Labute approximate surface area is 163 Å². The Kier molecular flexibility index (Phi) is 4.29. The van der Waals surface area contributed by atoms with Gasteiger partial charge in [-0.05, 0) is 53.5 Å². The molecule has 1 aliphatic carbocycles. The summed E-state index contributed by atoms with van der Waals surface area (Å²) in [6, 6.07) is 1.96. The highest BCUT2D eigenvalue weighted by atomic mass is 32.1. The molecule has 4 rings (SSSR count). The van der Waals surface area contributed by atoms with Crippen LogP contribution in [0.3, 0.4) is 0 Å². The van der Waals surface area contributed by atoms with E-state index in [-0.39, 0.29) is 11.4 Å². The van der Waals surface area contributed by atoms with Crippen molar-refractivity contribution in [1.82, 2.24) is 25.1 Å². The van der Waals surface area contributed by atoms with Crippen molar-refractivity contribution in [3.8, 4) is 0 Å². The minimum atomic E-state index is -0.201. The highest BCUT2D eigenvalue weighted by Gasteiger charge is 2.30. The smallest absolute Gasteiger partial charge is 0.252 e. The van der Waals surface area contributed by atoms with Crippen molar-refractivity contribution in [3.63, 3.8) is 0 Å². The van der Waals surface area contributed by atoms with Crippen molar-refractivity contribution < 1.29 is 4.79 Å². The molecule has 0 spiro atoms. The minimum Gasteiger partial charge on any atom is -0.346 e. The van der Waals surface area contributed by atoms with Gasteiger partial charge in [0.2, 0.25) is 0 Å². The first-order valence-corrected chi connectivity index (χ1v) is 10.2. The van der Waals surface area contributed by atoms with Gasteiger partial charge in [0.15, 0.2) is 5.65 Å². The van der Waals surface area contributed by atoms with Gasteiger partial charge >= 0.3 is 0 Å². The lowest BCUT2D eigenvalue weighted by Gasteiger charge is -2.20. The maximum Gasteiger partial charge on any atom is 0.252 e. The van der Waals surface area contributed by atoms with Crippen LogP contribution in [0.25, 0.3) is 11.0 Å². The summed E-state index contributed by atoms with van der Waals surface area (Å²) in [6.45, 7) is 10.7. The van der Waals surface area contributed by atoms with E-state index in [4.69, 9.17) is 10.1 Å². The zero-order valence-corrected chi connectivity index (χ0v) is 17.3. The quantitative estimate of drug-likeness (QED) is 0.737. The first kappa shape index (κ1) is 18.1. The molecule has 7 heteroatoms. The van der Waals surface area contributed by atoms with Crippen LogP contribution in [0.5, 0.6) is 0 Å². The minimum absolute atomic E-state index is 0.0912. The summed E-state index contributed by atoms with van der Waals surface area (Å²) in [5.41, 5.74) is 4.00. The molecule has 0 radical (unpaired) electrons. The number of nitrogens with one attached hydrogen (secondary N) is 1. The van der Waals surface area contributed by atoms with Crippen molar-refractivity contribution in [2.75, 3.05) is 0 Å². The Balaban J connectivity index is 1.76. The Morgan fingerprint density at radius 2 is 2.04 bits per heavy atom. The van der Waals surface area contributed by atoms with Gasteiger partial charge in [0.1, 0.15) is 0 Å². The number of rotatable bonds is 4. The lowest BCUT2D eigenvalue weighted by atomic mass is 10.1. The monoisotopic (exact) mass is 383 g/mol. The summed E-state index contributed by atoms with van der Waals surface area (Å²) >= 11 is 1.59. The van der Waals surface area contributed by atoms with Crippen LogP contribution in [0.15, 0.2) is 11.4 Å². The first-order valence-electron chi connectivity index (χ1n) is 9.34. The van der Waals surface area contributed by atoms with Crippen molar-refractivity contribution in [2.45, 2.75) is 65.5 Å². The van der Waals surface area contributed by atoms with Crippen LogP contribution in [0.2, 0.25) is 0 Å². The molecular weight excluding hydrogens is 358 g/mol. The molecule has 0 unspecified atom stereocenters. The lowest BCUT2D eigenvalue weighted by molar-refractivity contribution is 0.0952. The largest absolute Gasteiger partial charge is 0.346 e. The van der Waals surface area contributed by atoms with Crippen LogP contribution in [0.1, 0.15) is 72.0 Å². The zero-order chi connectivity index (χ0) is 19.3. The van der Waals surface area contributed by atoms with E-state index in [1.54, 1.807) is 11.3 Å². The fourth-order valence-corrected chi connectivity index (χ4v) is 3.91. The number of aromatic nitrogens is 4. The molecule has 0 saturated heterocycles. The molecular formula is C20H25N5OS. The SMILES string of the molecule is Cc1nc(CNC(=O)c2cc(C3CC3)nc3c2c(C)nn3C(C)(C)C)cs1. The lowest BCUT2D eigenvalue weighted by Crippen LogP contribution is -2.25. The van der Waals surface area contributed by atoms with E-state index in [0.717, 1.165) is 46.0 Å². The summed E-state index contributed by atoms with van der Waals surface area (Å²) < 4.78 is 1.95. The van der Waals surface area contributed by atoms with E-state index < -0.39 is 0 Å². The summed E-state index contributed by atoms with van der Waals surface area (Å²) in [5.74, 6) is 0.372. The van der Waals surface area contributed by atoms with Crippen LogP contribution in [-0.4, -0.2) is 25.7 Å². The molecule has 0 bridgehead atoms. The molecule has 3 aromatic heterocycles. The van der Waals surface area contributed by atoms with Gasteiger partial charge in [-0.1, -0.05) is 0 Å². The zero-order valence-electron chi connectivity index (χ0n) is 16.5. The second kappa shape index (κ2) is 6.41. The van der Waals surface area contributed by atoms with Crippen molar-refractivity contribution in [3.05, 3.63) is 39.1 Å². The number of carbonyl (C=O) groups is 1. The summed E-state index contributed by atoms with van der Waals surface area (Å²) in [5, 5.41) is 11.6. The number of thiazole rings is 1. The number of amides is 1. The second-order valence-corrected chi connectivity index (χ2v) is 9.34. The third kappa shape index (κ3) is 3.48. The Morgan fingerprint density at radius 1 is 1.30 bits per heavy atom. The number of aryl methyl sites for hydroxylation is 2. The van der Waals surface area contributed by atoms with Gasteiger partial charge in [-0.2, -0.15) is 5.10 Å². The summed E-state index contributed by atoms with van der Waals surface area (Å²) in [7, 11) is 0. The maximum absolute atomic E-state index is 13.0. The summed E-state index contributed by atoms with van der Waals surface area (Å²) in [4.78, 5) is 22.4. The highest BCUT2D eigenvalue weighted by Crippen LogP contribution is 2.41. The van der Waals surface area contributed by atoms with Crippen LogP contribution >= 0.6 is 11.3 Å². The molecule has 0 atom stereocenters. The van der Waals surface area contributed by atoms with Gasteiger partial charge in [0.05, 0.1) is 39.4 Å². The normalized spacial score (nSPS) is 14.7. The molecule has 27 heavy (non-hydrogen) atoms. The molecule has 3 aromatic rings. The molecule has 1 saturated carbocycles. The van der Waals surface area contributed by atoms with Crippen LogP contribution < -0.4 is 5.32 Å². The van der Waals surface area contributed by atoms with E-state index in [0.29, 0.717) is 18.0 Å². The number of nitrogens with zero attached hydrogens (tertiary/aromatic N) is 4. The third-order valence-electron chi connectivity index (χ3n) is 4.80. The molecule has 1 aliphatic rings.